The van der Waals surface area contributed by atoms with Gasteiger partial charge in [0.05, 0.1) is 10.6 Å². The molecule has 1 atom stereocenters. The number of carbonyl (C=O) groups is 1. The normalized spacial score (nSPS) is 15.8. The molecule has 1 aliphatic heterocycles. The van der Waals surface area contributed by atoms with E-state index in [1.54, 1.807) is 6.08 Å². The first-order chi connectivity index (χ1) is 12.6. The lowest BCUT2D eigenvalue weighted by Crippen LogP contribution is -2.27. The number of nitrogens with zero attached hydrogens (tertiary/aromatic N) is 1. The number of ether oxygens (including phenoxy) is 1. The van der Waals surface area contributed by atoms with Crippen LogP contribution in [0.25, 0.3) is 0 Å². The molecule has 3 rings (SSSR count). The van der Waals surface area contributed by atoms with Crippen LogP contribution in [0.5, 0.6) is 5.75 Å². The SMILES string of the molecule is CCCCC(CC)CN1C(=CC(=O)c2cccs2)Oc2cc(Cl)ccc21. The molecule has 3 nitrogen and oxygen atoms in total. The van der Waals surface area contributed by atoms with Crippen molar-refractivity contribution in [3.05, 3.63) is 57.6 Å². The summed E-state index contributed by atoms with van der Waals surface area (Å²) in [6.45, 7) is 5.28. The van der Waals surface area contributed by atoms with Gasteiger partial charge in [-0.15, -0.1) is 11.3 Å². The second kappa shape index (κ2) is 8.74. The zero-order valence-electron chi connectivity index (χ0n) is 15.2. The van der Waals surface area contributed by atoms with Gasteiger partial charge in [0, 0.05) is 23.7 Å². The summed E-state index contributed by atoms with van der Waals surface area (Å²) in [7, 11) is 0. The zero-order chi connectivity index (χ0) is 18.5. The maximum atomic E-state index is 12.6. The molecule has 0 aliphatic carbocycles. The Kier molecular flexibility index (Phi) is 6.38. The Balaban J connectivity index is 1.88. The summed E-state index contributed by atoms with van der Waals surface area (Å²) in [5.41, 5.74) is 0.981. The van der Waals surface area contributed by atoms with Crippen LogP contribution >= 0.6 is 22.9 Å². The molecular weight excluding hydrogens is 366 g/mol. The number of unbranched alkanes of at least 4 members (excludes halogenated alkanes) is 1. The van der Waals surface area contributed by atoms with Gasteiger partial charge in [0.25, 0.3) is 0 Å². The lowest BCUT2D eigenvalue weighted by Gasteiger charge is -2.24. The lowest BCUT2D eigenvalue weighted by atomic mass is 9.98. The predicted octanol–water partition coefficient (Wildman–Crippen LogP) is 6.54. The van der Waals surface area contributed by atoms with Gasteiger partial charge in [-0.2, -0.15) is 0 Å². The fourth-order valence-corrected chi connectivity index (χ4v) is 3.95. The molecule has 2 aromatic rings. The Labute approximate surface area is 164 Å². The summed E-state index contributed by atoms with van der Waals surface area (Å²) < 4.78 is 6.01. The topological polar surface area (TPSA) is 29.5 Å². The van der Waals surface area contributed by atoms with Gasteiger partial charge in [-0.05, 0) is 35.9 Å². The number of allylic oxidation sites excluding steroid dienone is 1. The highest BCUT2D eigenvalue weighted by molar-refractivity contribution is 7.12. The number of benzene rings is 1. The van der Waals surface area contributed by atoms with Crippen LogP contribution in [0.4, 0.5) is 5.69 Å². The Morgan fingerprint density at radius 1 is 1.35 bits per heavy atom. The minimum Gasteiger partial charge on any atom is -0.438 e. The first-order valence-corrected chi connectivity index (χ1v) is 10.4. The molecule has 0 saturated carbocycles. The standard InChI is InChI=1S/C21H24ClNO2S/c1-3-5-7-15(4-2)14-23-17-10-9-16(22)12-19(17)25-21(23)13-18(24)20-8-6-11-26-20/h6,8-13,15H,3-5,7,14H2,1-2H3. The summed E-state index contributed by atoms with van der Waals surface area (Å²) in [5, 5.41) is 2.54. The Morgan fingerprint density at radius 3 is 2.88 bits per heavy atom. The van der Waals surface area contributed by atoms with Crippen molar-refractivity contribution in [1.29, 1.82) is 0 Å². The van der Waals surface area contributed by atoms with E-state index in [4.69, 9.17) is 16.3 Å². The summed E-state index contributed by atoms with van der Waals surface area (Å²) >= 11 is 7.57. The molecule has 0 saturated heterocycles. The van der Waals surface area contributed by atoms with Crippen LogP contribution in [0.3, 0.4) is 0 Å². The van der Waals surface area contributed by atoms with E-state index in [0.717, 1.165) is 18.7 Å². The fourth-order valence-electron chi connectivity index (χ4n) is 3.15. The molecule has 1 aromatic carbocycles. The number of hydrogen-bond acceptors (Lipinski definition) is 4. The van der Waals surface area contributed by atoms with Gasteiger partial charge in [-0.25, -0.2) is 0 Å². The van der Waals surface area contributed by atoms with E-state index in [2.05, 4.69) is 18.7 Å². The Hall–Kier alpha value is -1.78. The molecule has 1 unspecified atom stereocenters. The van der Waals surface area contributed by atoms with Crippen molar-refractivity contribution in [3.63, 3.8) is 0 Å². The second-order valence-electron chi connectivity index (χ2n) is 6.57. The average molecular weight is 390 g/mol. The van der Waals surface area contributed by atoms with Crippen molar-refractivity contribution in [1.82, 2.24) is 0 Å². The maximum absolute atomic E-state index is 12.6. The van der Waals surface area contributed by atoms with Gasteiger partial charge in [-0.3, -0.25) is 4.79 Å². The molecule has 0 N–H and O–H groups in total. The molecule has 1 aromatic heterocycles. The molecule has 138 valence electrons. The Morgan fingerprint density at radius 2 is 2.19 bits per heavy atom. The maximum Gasteiger partial charge on any atom is 0.204 e. The van der Waals surface area contributed by atoms with Crippen LogP contribution in [0.15, 0.2) is 47.7 Å². The molecule has 1 aliphatic rings. The van der Waals surface area contributed by atoms with Crippen LogP contribution < -0.4 is 9.64 Å². The number of halogens is 1. The van der Waals surface area contributed by atoms with Crippen molar-refractivity contribution in [2.24, 2.45) is 5.92 Å². The number of hydrogen-bond donors (Lipinski definition) is 0. The zero-order valence-corrected chi connectivity index (χ0v) is 16.8. The van der Waals surface area contributed by atoms with Crippen LogP contribution in [-0.2, 0) is 0 Å². The molecule has 5 heteroatoms. The van der Waals surface area contributed by atoms with Gasteiger partial charge >= 0.3 is 0 Å². The minimum absolute atomic E-state index is 0.0273. The Bertz CT molecular complexity index is 785. The highest BCUT2D eigenvalue weighted by atomic mass is 35.5. The van der Waals surface area contributed by atoms with E-state index in [9.17, 15) is 4.79 Å². The van der Waals surface area contributed by atoms with E-state index in [0.29, 0.717) is 27.5 Å². The summed E-state index contributed by atoms with van der Waals surface area (Å²) in [5.74, 6) is 1.84. The molecule has 0 spiro atoms. The van der Waals surface area contributed by atoms with Gasteiger partial charge < -0.3 is 9.64 Å². The van der Waals surface area contributed by atoms with Gasteiger partial charge in [0.15, 0.2) is 5.75 Å². The number of fused-ring (bicyclic) bond motifs is 1. The van der Waals surface area contributed by atoms with E-state index in [1.165, 1.54) is 30.6 Å². The van der Waals surface area contributed by atoms with Gasteiger partial charge in [-0.1, -0.05) is 50.8 Å². The van der Waals surface area contributed by atoms with E-state index in [1.807, 2.05) is 35.7 Å². The number of thiophene rings is 1. The molecule has 2 heterocycles. The number of ketones is 1. The van der Waals surface area contributed by atoms with Crippen molar-refractivity contribution in [3.8, 4) is 5.75 Å². The fraction of sp³-hybridized carbons (Fsp3) is 0.381. The smallest absolute Gasteiger partial charge is 0.204 e. The van der Waals surface area contributed by atoms with E-state index < -0.39 is 0 Å². The molecule has 0 amide bonds. The van der Waals surface area contributed by atoms with Crippen molar-refractivity contribution >= 4 is 34.4 Å². The summed E-state index contributed by atoms with van der Waals surface area (Å²) in [6, 6.07) is 9.38. The van der Waals surface area contributed by atoms with E-state index >= 15 is 0 Å². The third-order valence-electron chi connectivity index (χ3n) is 4.70. The highest BCUT2D eigenvalue weighted by Gasteiger charge is 2.29. The molecule has 0 radical (unpaired) electrons. The molecule has 0 fully saturated rings. The molecule has 0 bridgehead atoms. The summed E-state index contributed by atoms with van der Waals surface area (Å²) in [4.78, 5) is 15.4. The third kappa shape index (κ3) is 4.30. The summed E-state index contributed by atoms with van der Waals surface area (Å²) in [6.07, 6.45) is 6.29. The van der Waals surface area contributed by atoms with Crippen LogP contribution in [-0.4, -0.2) is 12.3 Å². The number of carbonyl (C=O) groups excluding carboxylic acids is 1. The number of anilines is 1. The van der Waals surface area contributed by atoms with Crippen LogP contribution in [0.1, 0.15) is 49.2 Å². The monoisotopic (exact) mass is 389 g/mol. The lowest BCUT2D eigenvalue weighted by molar-refractivity contribution is 0.104. The third-order valence-corrected chi connectivity index (χ3v) is 5.82. The van der Waals surface area contributed by atoms with E-state index in [-0.39, 0.29) is 5.78 Å². The highest BCUT2D eigenvalue weighted by Crippen LogP contribution is 2.41. The average Bonchev–Trinajstić information content (AvgIpc) is 3.27. The van der Waals surface area contributed by atoms with Gasteiger partial charge in [0.2, 0.25) is 11.7 Å². The first-order valence-electron chi connectivity index (χ1n) is 9.16. The number of rotatable bonds is 8. The van der Waals surface area contributed by atoms with Crippen LogP contribution in [0.2, 0.25) is 5.02 Å². The van der Waals surface area contributed by atoms with Crippen LogP contribution in [0, 0.1) is 5.92 Å². The van der Waals surface area contributed by atoms with Crippen molar-refractivity contribution < 1.29 is 9.53 Å². The van der Waals surface area contributed by atoms with Gasteiger partial charge in [0.1, 0.15) is 0 Å². The van der Waals surface area contributed by atoms with Crippen molar-refractivity contribution in [2.45, 2.75) is 39.5 Å². The minimum atomic E-state index is -0.0273. The first kappa shape index (κ1) is 19.0. The predicted molar refractivity (Wildman–Crippen MR) is 109 cm³/mol. The quantitative estimate of drug-likeness (QED) is 0.379. The molecular formula is C21H24ClNO2S. The van der Waals surface area contributed by atoms with Crippen molar-refractivity contribution in [2.75, 3.05) is 11.4 Å². The largest absolute Gasteiger partial charge is 0.438 e. The second-order valence-corrected chi connectivity index (χ2v) is 7.95. The molecule has 26 heavy (non-hydrogen) atoms.